The molecule has 0 spiro atoms. The number of rotatable bonds is 7. The Kier molecular flexibility index (Phi) is 4.71. The number of unbranched alkanes of at least 4 members (excludes halogenated alkanes) is 1. The maximum Gasteiger partial charge on any atom is 0.0139 e. The van der Waals surface area contributed by atoms with E-state index < -0.39 is 0 Å². The largest absolute Gasteiger partial charge is 0.312 e. The van der Waals surface area contributed by atoms with E-state index in [2.05, 4.69) is 37.9 Å². The Hall–Kier alpha value is -0.0800. The molecule has 2 atom stereocenters. The van der Waals surface area contributed by atoms with Crippen molar-refractivity contribution in [2.45, 2.75) is 83.8 Å². The van der Waals surface area contributed by atoms with E-state index in [1.54, 1.807) is 0 Å². The van der Waals surface area contributed by atoms with Crippen LogP contribution in [0.2, 0.25) is 0 Å². The Morgan fingerprint density at radius 1 is 1.11 bits per heavy atom. The van der Waals surface area contributed by atoms with Crippen molar-refractivity contribution in [1.82, 2.24) is 10.2 Å². The Morgan fingerprint density at radius 2 is 1.83 bits per heavy atom. The van der Waals surface area contributed by atoms with Gasteiger partial charge in [0, 0.05) is 17.6 Å². The van der Waals surface area contributed by atoms with Gasteiger partial charge >= 0.3 is 0 Å². The van der Waals surface area contributed by atoms with Crippen LogP contribution in [-0.2, 0) is 0 Å². The predicted molar refractivity (Wildman–Crippen MR) is 78.9 cm³/mol. The molecule has 2 unspecified atom stereocenters. The van der Waals surface area contributed by atoms with Crippen LogP contribution in [0.15, 0.2) is 0 Å². The van der Waals surface area contributed by atoms with Crippen molar-refractivity contribution in [3.8, 4) is 0 Å². The fourth-order valence-electron chi connectivity index (χ4n) is 3.03. The molecule has 0 aliphatic heterocycles. The third-order valence-electron chi connectivity index (χ3n) is 4.48. The van der Waals surface area contributed by atoms with Crippen LogP contribution in [0.5, 0.6) is 0 Å². The lowest BCUT2D eigenvalue weighted by Crippen LogP contribution is -2.53. The molecule has 0 amide bonds. The molecule has 18 heavy (non-hydrogen) atoms. The zero-order chi connectivity index (χ0) is 13.2. The minimum Gasteiger partial charge on any atom is -0.312 e. The van der Waals surface area contributed by atoms with Gasteiger partial charge in [0.15, 0.2) is 0 Å². The summed E-state index contributed by atoms with van der Waals surface area (Å²) in [6.45, 7) is 11.7. The lowest BCUT2D eigenvalue weighted by atomic mass is 9.77. The first kappa shape index (κ1) is 14.3. The molecular formula is C16H32N2. The van der Waals surface area contributed by atoms with Crippen LogP contribution in [-0.4, -0.2) is 35.6 Å². The smallest absolute Gasteiger partial charge is 0.0139 e. The van der Waals surface area contributed by atoms with Crippen molar-refractivity contribution in [3.05, 3.63) is 0 Å². The molecule has 2 aliphatic carbocycles. The fourth-order valence-corrected chi connectivity index (χ4v) is 3.03. The van der Waals surface area contributed by atoms with E-state index in [0.29, 0.717) is 0 Å². The van der Waals surface area contributed by atoms with Crippen molar-refractivity contribution in [2.24, 2.45) is 5.92 Å². The highest BCUT2D eigenvalue weighted by molar-refractivity contribution is 4.97. The van der Waals surface area contributed by atoms with Crippen LogP contribution in [0.4, 0.5) is 0 Å². The summed E-state index contributed by atoms with van der Waals surface area (Å²) >= 11 is 0. The first-order valence-corrected chi connectivity index (χ1v) is 8.02. The van der Waals surface area contributed by atoms with E-state index >= 15 is 0 Å². The molecular weight excluding hydrogens is 220 g/mol. The average Bonchev–Trinajstić information content (AvgIpc) is 3.04. The molecule has 0 radical (unpaired) electrons. The molecule has 2 saturated carbocycles. The van der Waals surface area contributed by atoms with Crippen LogP contribution < -0.4 is 5.32 Å². The summed E-state index contributed by atoms with van der Waals surface area (Å²) in [6.07, 6.45) is 8.51. The van der Waals surface area contributed by atoms with Gasteiger partial charge in [-0.15, -0.1) is 0 Å². The van der Waals surface area contributed by atoms with Gasteiger partial charge in [-0.05, 0) is 71.9 Å². The maximum atomic E-state index is 3.70. The zero-order valence-electron chi connectivity index (χ0n) is 12.8. The summed E-state index contributed by atoms with van der Waals surface area (Å²) in [5.74, 6) is 0.904. The summed E-state index contributed by atoms with van der Waals surface area (Å²) < 4.78 is 0. The highest BCUT2D eigenvalue weighted by Gasteiger charge is 2.41. The molecule has 2 aliphatic rings. The Morgan fingerprint density at radius 3 is 2.28 bits per heavy atom. The second-order valence-corrected chi connectivity index (χ2v) is 7.36. The minimum atomic E-state index is 0.272. The fraction of sp³-hybridized carbons (Fsp3) is 1.00. The van der Waals surface area contributed by atoms with Crippen LogP contribution in [0.1, 0.15) is 66.2 Å². The summed E-state index contributed by atoms with van der Waals surface area (Å²) in [6, 6.07) is 1.83. The summed E-state index contributed by atoms with van der Waals surface area (Å²) in [4.78, 5) is 2.85. The second-order valence-electron chi connectivity index (χ2n) is 7.36. The van der Waals surface area contributed by atoms with Crippen LogP contribution >= 0.6 is 0 Å². The SMILES string of the molecule is CCCCN(C1CC1)C1CCC1CNC(C)(C)C. The minimum absolute atomic E-state index is 0.272. The summed E-state index contributed by atoms with van der Waals surface area (Å²) in [5, 5.41) is 3.70. The Bertz CT molecular complexity index is 252. The van der Waals surface area contributed by atoms with Gasteiger partial charge in [-0.1, -0.05) is 13.3 Å². The first-order valence-electron chi connectivity index (χ1n) is 8.02. The molecule has 106 valence electrons. The lowest BCUT2D eigenvalue weighted by molar-refractivity contribution is 0.0504. The molecule has 2 fully saturated rings. The van der Waals surface area contributed by atoms with E-state index in [1.807, 2.05) is 0 Å². The molecule has 0 heterocycles. The molecule has 0 aromatic rings. The highest BCUT2D eigenvalue weighted by atomic mass is 15.2. The molecule has 0 saturated heterocycles. The van der Waals surface area contributed by atoms with Crippen molar-refractivity contribution < 1.29 is 0 Å². The van der Waals surface area contributed by atoms with Crippen molar-refractivity contribution >= 4 is 0 Å². The van der Waals surface area contributed by atoms with Gasteiger partial charge in [0.1, 0.15) is 0 Å². The molecule has 2 heteroatoms. The summed E-state index contributed by atoms with van der Waals surface area (Å²) in [7, 11) is 0. The van der Waals surface area contributed by atoms with Gasteiger partial charge in [-0.2, -0.15) is 0 Å². The zero-order valence-corrected chi connectivity index (χ0v) is 12.8. The highest BCUT2D eigenvalue weighted by Crippen LogP contribution is 2.39. The topological polar surface area (TPSA) is 15.3 Å². The number of hydrogen-bond donors (Lipinski definition) is 1. The van der Waals surface area contributed by atoms with Crippen LogP contribution in [0, 0.1) is 5.92 Å². The Labute approximate surface area is 114 Å². The van der Waals surface area contributed by atoms with Gasteiger partial charge in [-0.25, -0.2) is 0 Å². The molecule has 1 N–H and O–H groups in total. The molecule has 2 nitrogen and oxygen atoms in total. The molecule has 0 bridgehead atoms. The van der Waals surface area contributed by atoms with Crippen molar-refractivity contribution in [3.63, 3.8) is 0 Å². The normalized spacial score (nSPS) is 28.5. The van der Waals surface area contributed by atoms with E-state index in [0.717, 1.165) is 18.0 Å². The van der Waals surface area contributed by atoms with Crippen molar-refractivity contribution in [2.75, 3.05) is 13.1 Å². The third-order valence-corrected chi connectivity index (χ3v) is 4.48. The first-order chi connectivity index (χ1) is 8.51. The van der Waals surface area contributed by atoms with Gasteiger partial charge in [0.25, 0.3) is 0 Å². The van der Waals surface area contributed by atoms with Gasteiger partial charge in [0.05, 0.1) is 0 Å². The summed E-state index contributed by atoms with van der Waals surface area (Å²) in [5.41, 5.74) is 0.272. The number of nitrogens with one attached hydrogen (secondary N) is 1. The third kappa shape index (κ3) is 3.96. The Balaban J connectivity index is 1.79. The average molecular weight is 252 g/mol. The predicted octanol–water partition coefficient (Wildman–Crippen LogP) is 3.42. The van der Waals surface area contributed by atoms with E-state index in [1.165, 1.54) is 51.6 Å². The van der Waals surface area contributed by atoms with Crippen molar-refractivity contribution in [1.29, 1.82) is 0 Å². The molecule has 0 aromatic heterocycles. The molecule has 0 aromatic carbocycles. The second kappa shape index (κ2) is 5.92. The quantitative estimate of drug-likeness (QED) is 0.747. The lowest BCUT2D eigenvalue weighted by Gasteiger charge is -2.46. The van der Waals surface area contributed by atoms with Crippen LogP contribution in [0.3, 0.4) is 0 Å². The monoisotopic (exact) mass is 252 g/mol. The van der Waals surface area contributed by atoms with E-state index in [4.69, 9.17) is 0 Å². The standard InChI is InChI=1S/C16H32N2/c1-5-6-11-18(14-8-9-14)15-10-7-13(15)12-17-16(2,3)4/h13-15,17H,5-12H2,1-4H3. The van der Waals surface area contributed by atoms with Gasteiger partial charge in [-0.3, -0.25) is 4.90 Å². The molecule has 2 rings (SSSR count). The van der Waals surface area contributed by atoms with E-state index in [-0.39, 0.29) is 5.54 Å². The van der Waals surface area contributed by atoms with Crippen LogP contribution in [0.25, 0.3) is 0 Å². The number of hydrogen-bond acceptors (Lipinski definition) is 2. The maximum absolute atomic E-state index is 3.70. The number of nitrogens with zero attached hydrogens (tertiary/aromatic N) is 1. The van der Waals surface area contributed by atoms with E-state index in [9.17, 15) is 0 Å². The van der Waals surface area contributed by atoms with Gasteiger partial charge in [0.2, 0.25) is 0 Å². The van der Waals surface area contributed by atoms with Gasteiger partial charge < -0.3 is 5.32 Å².